The van der Waals surface area contributed by atoms with Gasteiger partial charge in [-0.25, -0.2) is 18.1 Å². The molecule has 0 spiro atoms. The Morgan fingerprint density at radius 2 is 1.77 bits per heavy atom. The van der Waals surface area contributed by atoms with Gasteiger partial charge in [-0.1, -0.05) is 29.8 Å². The van der Waals surface area contributed by atoms with Crippen LogP contribution < -0.4 is 10.0 Å². The van der Waals surface area contributed by atoms with Gasteiger partial charge in [0.2, 0.25) is 21.8 Å². The molecule has 0 aliphatic heterocycles. The Kier molecular flexibility index (Phi) is 6.80. The highest BCUT2D eigenvalue weighted by Gasteiger charge is 2.17. The van der Waals surface area contributed by atoms with Crippen LogP contribution >= 0.6 is 11.3 Å². The van der Waals surface area contributed by atoms with Gasteiger partial charge in [-0.05, 0) is 31.2 Å². The lowest BCUT2D eigenvalue weighted by molar-refractivity contribution is -0.132. The minimum absolute atomic E-state index is 0.0764. The number of likely N-dealkylation sites (N-methyl/N-ethyl adjacent to an activating group) is 1. The third-order valence-electron chi connectivity index (χ3n) is 4.33. The maximum absolute atomic E-state index is 12.3. The first-order chi connectivity index (χ1) is 14.2. The number of thiazole rings is 1. The number of carbonyl (C=O) groups excluding carboxylic acids is 2. The summed E-state index contributed by atoms with van der Waals surface area (Å²) in [5.41, 5.74) is 1.81. The first kappa shape index (κ1) is 21.9. The van der Waals surface area contributed by atoms with Crippen LogP contribution in [0.5, 0.6) is 0 Å². The highest BCUT2D eigenvalue weighted by molar-refractivity contribution is 7.89. The lowest BCUT2D eigenvalue weighted by atomic mass is 10.2. The molecule has 0 atom stereocenters. The number of aromatic nitrogens is 1. The number of nitrogens with zero attached hydrogens (tertiary/aromatic N) is 2. The number of rotatable bonds is 8. The van der Waals surface area contributed by atoms with E-state index in [2.05, 4.69) is 15.0 Å². The Morgan fingerprint density at radius 1 is 1.07 bits per heavy atom. The van der Waals surface area contributed by atoms with Crippen molar-refractivity contribution >= 4 is 43.4 Å². The van der Waals surface area contributed by atoms with Gasteiger partial charge < -0.3 is 10.2 Å². The van der Waals surface area contributed by atoms with Gasteiger partial charge in [0.25, 0.3) is 0 Å². The van der Waals surface area contributed by atoms with Crippen LogP contribution in [0.1, 0.15) is 10.6 Å². The smallest absolute Gasteiger partial charge is 0.242 e. The number of benzene rings is 2. The Labute approximate surface area is 179 Å². The second-order valence-corrected chi connectivity index (χ2v) is 9.62. The molecule has 2 amide bonds. The van der Waals surface area contributed by atoms with Crippen LogP contribution in [0.15, 0.2) is 53.4 Å². The number of hydrogen-bond acceptors (Lipinski definition) is 6. The van der Waals surface area contributed by atoms with Gasteiger partial charge in [-0.2, -0.15) is 0 Å². The fourth-order valence-electron chi connectivity index (χ4n) is 2.61. The number of fused-ring (bicyclic) bond motifs is 1. The highest BCUT2D eigenvalue weighted by Crippen LogP contribution is 2.22. The minimum atomic E-state index is -3.79. The Bertz CT molecular complexity index is 1120. The average molecular weight is 447 g/mol. The summed E-state index contributed by atoms with van der Waals surface area (Å²) in [7, 11) is -2.17. The second kappa shape index (κ2) is 9.33. The van der Waals surface area contributed by atoms with Crippen LogP contribution in [0.2, 0.25) is 0 Å². The van der Waals surface area contributed by atoms with Crippen LogP contribution in [0, 0.1) is 6.92 Å². The molecular weight excluding hydrogens is 424 g/mol. The molecule has 0 fully saturated rings. The molecule has 0 bridgehead atoms. The number of para-hydroxylation sites is 1. The van der Waals surface area contributed by atoms with Gasteiger partial charge in [-0.3, -0.25) is 9.59 Å². The zero-order chi connectivity index (χ0) is 21.7. The molecule has 0 radical (unpaired) electrons. The molecule has 0 saturated carbocycles. The molecule has 30 heavy (non-hydrogen) atoms. The summed E-state index contributed by atoms with van der Waals surface area (Å²) < 4.78 is 27.7. The summed E-state index contributed by atoms with van der Waals surface area (Å²) in [6, 6.07) is 14.0. The normalized spacial score (nSPS) is 11.4. The van der Waals surface area contributed by atoms with Gasteiger partial charge in [-0.15, -0.1) is 11.3 Å². The quantitative estimate of drug-likeness (QED) is 0.547. The topological polar surface area (TPSA) is 108 Å². The van der Waals surface area contributed by atoms with Crippen LogP contribution in [0.25, 0.3) is 10.2 Å². The number of sulfonamides is 1. The molecule has 1 heterocycles. The molecule has 2 N–H and O–H groups in total. The Balaban J connectivity index is 1.46. The van der Waals surface area contributed by atoms with Crippen molar-refractivity contribution in [3.05, 3.63) is 59.1 Å². The van der Waals surface area contributed by atoms with Crippen molar-refractivity contribution in [2.45, 2.75) is 18.4 Å². The monoisotopic (exact) mass is 446 g/mol. The molecule has 2 aromatic carbocycles. The molecular formula is C20H22N4O4S2. The molecule has 3 rings (SSSR count). The number of hydrogen-bond donors (Lipinski definition) is 2. The van der Waals surface area contributed by atoms with Gasteiger partial charge in [0.15, 0.2) is 0 Å². The Morgan fingerprint density at radius 3 is 2.47 bits per heavy atom. The van der Waals surface area contributed by atoms with E-state index in [1.54, 1.807) is 19.2 Å². The summed E-state index contributed by atoms with van der Waals surface area (Å²) in [5.74, 6) is -0.892. The molecule has 10 heteroatoms. The van der Waals surface area contributed by atoms with E-state index < -0.39 is 22.5 Å². The van der Waals surface area contributed by atoms with Crippen molar-refractivity contribution in [2.75, 3.05) is 20.1 Å². The zero-order valence-corrected chi connectivity index (χ0v) is 18.2. The summed E-state index contributed by atoms with van der Waals surface area (Å²) >= 11 is 1.51. The lowest BCUT2D eigenvalue weighted by Crippen LogP contribution is -2.42. The molecule has 3 aromatic rings. The van der Waals surface area contributed by atoms with E-state index in [-0.39, 0.29) is 17.3 Å². The molecule has 0 saturated heterocycles. The molecule has 158 valence electrons. The van der Waals surface area contributed by atoms with E-state index in [0.29, 0.717) is 6.54 Å². The largest absolute Gasteiger partial charge is 0.346 e. The molecule has 0 aliphatic carbocycles. The summed E-state index contributed by atoms with van der Waals surface area (Å²) in [5, 5.41) is 3.23. The van der Waals surface area contributed by atoms with Crippen molar-refractivity contribution in [3.63, 3.8) is 0 Å². The molecule has 0 aliphatic rings. The second-order valence-electron chi connectivity index (χ2n) is 6.74. The van der Waals surface area contributed by atoms with Crippen molar-refractivity contribution in [1.29, 1.82) is 0 Å². The first-order valence-corrected chi connectivity index (χ1v) is 11.5. The maximum Gasteiger partial charge on any atom is 0.242 e. The summed E-state index contributed by atoms with van der Waals surface area (Å²) in [6.45, 7) is 1.49. The van der Waals surface area contributed by atoms with Crippen LogP contribution in [0.3, 0.4) is 0 Å². The van der Waals surface area contributed by atoms with Crippen LogP contribution in [-0.4, -0.2) is 50.3 Å². The molecule has 0 unspecified atom stereocenters. The van der Waals surface area contributed by atoms with E-state index in [1.807, 2.05) is 31.2 Å². The number of nitrogens with one attached hydrogen (secondary N) is 2. The van der Waals surface area contributed by atoms with Crippen molar-refractivity contribution < 1.29 is 18.0 Å². The summed E-state index contributed by atoms with van der Waals surface area (Å²) in [6.07, 6.45) is 0. The van der Waals surface area contributed by atoms with E-state index in [9.17, 15) is 18.0 Å². The summed E-state index contributed by atoms with van der Waals surface area (Å²) in [4.78, 5) is 30.3. The van der Waals surface area contributed by atoms with Gasteiger partial charge >= 0.3 is 0 Å². The fourth-order valence-corrected chi connectivity index (χ4v) is 4.61. The molecule has 8 nitrogen and oxygen atoms in total. The SMILES string of the molecule is Cc1ccc(S(=O)(=O)NCC(=O)NCC(=O)N(C)Cc2nc3ccccc3s2)cc1. The third kappa shape index (κ3) is 5.62. The molecule has 1 aromatic heterocycles. The lowest BCUT2D eigenvalue weighted by Gasteiger charge is -2.16. The predicted octanol–water partition coefficient (Wildman–Crippen LogP) is 1.66. The van der Waals surface area contributed by atoms with Crippen LogP contribution in [-0.2, 0) is 26.2 Å². The van der Waals surface area contributed by atoms with Crippen LogP contribution in [0.4, 0.5) is 0 Å². The standard InChI is InChI=1S/C20H22N4O4S2/c1-14-7-9-15(10-8-14)30(27,28)22-11-18(25)21-12-20(26)24(2)13-19-23-16-5-3-4-6-17(16)29-19/h3-10,22H,11-13H2,1-2H3,(H,21,25). The number of aryl methyl sites for hydroxylation is 1. The maximum atomic E-state index is 12.3. The fraction of sp³-hybridized carbons (Fsp3) is 0.250. The van der Waals surface area contributed by atoms with Gasteiger partial charge in [0, 0.05) is 7.05 Å². The minimum Gasteiger partial charge on any atom is -0.346 e. The highest BCUT2D eigenvalue weighted by atomic mass is 32.2. The Hall–Kier alpha value is -2.82. The average Bonchev–Trinajstić information content (AvgIpc) is 3.13. The predicted molar refractivity (Wildman–Crippen MR) is 115 cm³/mol. The van der Waals surface area contributed by atoms with E-state index >= 15 is 0 Å². The van der Waals surface area contributed by atoms with E-state index in [4.69, 9.17) is 0 Å². The van der Waals surface area contributed by atoms with Crippen molar-refractivity contribution in [3.8, 4) is 0 Å². The van der Waals surface area contributed by atoms with Gasteiger partial charge in [0.1, 0.15) is 5.01 Å². The number of amides is 2. The van der Waals surface area contributed by atoms with Crippen molar-refractivity contribution in [2.24, 2.45) is 0 Å². The zero-order valence-electron chi connectivity index (χ0n) is 16.6. The third-order valence-corrected chi connectivity index (χ3v) is 6.77. The van der Waals surface area contributed by atoms with E-state index in [0.717, 1.165) is 20.8 Å². The van der Waals surface area contributed by atoms with Gasteiger partial charge in [0.05, 0.1) is 34.7 Å². The number of carbonyl (C=O) groups is 2. The van der Waals surface area contributed by atoms with E-state index in [1.165, 1.54) is 28.4 Å². The van der Waals surface area contributed by atoms with Crippen molar-refractivity contribution in [1.82, 2.24) is 19.9 Å². The first-order valence-electron chi connectivity index (χ1n) is 9.16.